The molecule has 1 aliphatic carbocycles. The van der Waals surface area contributed by atoms with Gasteiger partial charge in [0.2, 0.25) is 0 Å². The van der Waals surface area contributed by atoms with Gasteiger partial charge in [-0.15, -0.1) is 0 Å². The Bertz CT molecular complexity index is 1380. The number of methoxy groups -OCH3 is 1. The molecule has 1 aromatic carbocycles. The molecule has 0 atom stereocenters. The molecular formula is C23H21F2N5O5. The van der Waals surface area contributed by atoms with E-state index in [0.29, 0.717) is 34.4 Å². The van der Waals surface area contributed by atoms with Gasteiger partial charge < -0.3 is 24.1 Å². The Hall–Kier alpha value is -4.22. The van der Waals surface area contributed by atoms with Crippen LogP contribution in [0.15, 0.2) is 41.2 Å². The van der Waals surface area contributed by atoms with E-state index < -0.39 is 12.5 Å². The molecule has 0 bridgehead atoms. The van der Waals surface area contributed by atoms with E-state index in [-0.39, 0.29) is 29.7 Å². The lowest BCUT2D eigenvalue weighted by atomic mass is 10.1. The minimum Gasteiger partial charge on any atom is -0.496 e. The van der Waals surface area contributed by atoms with Crippen molar-refractivity contribution in [1.82, 2.24) is 24.8 Å². The van der Waals surface area contributed by atoms with Gasteiger partial charge in [-0.1, -0.05) is 5.16 Å². The van der Waals surface area contributed by atoms with Gasteiger partial charge in [-0.2, -0.15) is 13.8 Å². The normalized spacial score (nSPS) is 13.3. The molecule has 4 aromatic rings. The highest BCUT2D eigenvalue weighted by molar-refractivity contribution is 6.01. The Kier molecular flexibility index (Phi) is 5.93. The summed E-state index contributed by atoms with van der Waals surface area (Å²) >= 11 is 0. The van der Waals surface area contributed by atoms with Crippen LogP contribution in [0.4, 0.5) is 8.78 Å². The standard InChI is InChI=1S/C23H21F2N5O5/c1-12-27-20(35-29-12)11-33-15-5-6-30-16(10-26-19(30)9-15)13-7-17(32-2)21(18(8-13)34-23(24)25)22(31)28-14-3-4-14/h5-10,14,23H,3-4,11H2,1-2H3,(H,28,31). The summed E-state index contributed by atoms with van der Waals surface area (Å²) in [4.78, 5) is 21.2. The van der Waals surface area contributed by atoms with Gasteiger partial charge >= 0.3 is 6.61 Å². The van der Waals surface area contributed by atoms with Gasteiger partial charge in [-0.25, -0.2) is 4.98 Å². The van der Waals surface area contributed by atoms with E-state index in [1.165, 1.54) is 13.2 Å². The van der Waals surface area contributed by atoms with Crippen LogP contribution in [0.5, 0.6) is 17.2 Å². The number of carbonyl (C=O) groups is 1. The number of fused-ring (bicyclic) bond motifs is 1. The highest BCUT2D eigenvalue weighted by Gasteiger charge is 2.29. The number of nitrogens with one attached hydrogen (secondary N) is 1. The number of ether oxygens (including phenoxy) is 3. The number of hydrogen-bond donors (Lipinski definition) is 1. The molecule has 5 rings (SSSR count). The molecule has 182 valence electrons. The zero-order chi connectivity index (χ0) is 24.5. The van der Waals surface area contributed by atoms with E-state index in [1.54, 1.807) is 41.9 Å². The van der Waals surface area contributed by atoms with E-state index in [1.807, 2.05) is 0 Å². The number of halogens is 2. The van der Waals surface area contributed by atoms with Crippen LogP contribution in [0.2, 0.25) is 0 Å². The predicted molar refractivity (Wildman–Crippen MR) is 118 cm³/mol. The summed E-state index contributed by atoms with van der Waals surface area (Å²) in [5.41, 5.74) is 1.52. The SMILES string of the molecule is COc1cc(-c2cnc3cc(OCc4nc(C)no4)ccn23)cc(OC(F)F)c1C(=O)NC1CC1. The van der Waals surface area contributed by atoms with Gasteiger partial charge in [0, 0.05) is 23.9 Å². The second-order valence-electron chi connectivity index (χ2n) is 7.94. The number of carbonyl (C=O) groups excluding carboxylic acids is 1. The molecule has 0 radical (unpaired) electrons. The van der Waals surface area contributed by atoms with Crippen LogP contribution in [0.1, 0.15) is 34.9 Å². The smallest absolute Gasteiger partial charge is 0.387 e. The van der Waals surface area contributed by atoms with E-state index in [0.717, 1.165) is 12.8 Å². The van der Waals surface area contributed by atoms with Crippen molar-refractivity contribution in [2.75, 3.05) is 7.11 Å². The molecule has 3 aromatic heterocycles. The van der Waals surface area contributed by atoms with Crippen molar-refractivity contribution in [3.8, 4) is 28.5 Å². The molecule has 1 amide bonds. The Morgan fingerprint density at radius 3 is 2.77 bits per heavy atom. The molecule has 10 nitrogen and oxygen atoms in total. The van der Waals surface area contributed by atoms with Crippen molar-refractivity contribution in [2.24, 2.45) is 0 Å². The zero-order valence-electron chi connectivity index (χ0n) is 18.8. The van der Waals surface area contributed by atoms with E-state index in [4.69, 9.17) is 18.7 Å². The number of aromatic nitrogens is 4. The first-order valence-corrected chi connectivity index (χ1v) is 10.8. The van der Waals surface area contributed by atoms with Crippen molar-refractivity contribution < 1.29 is 32.3 Å². The Morgan fingerprint density at radius 2 is 2.09 bits per heavy atom. The summed E-state index contributed by atoms with van der Waals surface area (Å²) in [5.74, 6) is 0.688. The van der Waals surface area contributed by atoms with E-state index >= 15 is 0 Å². The zero-order valence-corrected chi connectivity index (χ0v) is 18.8. The van der Waals surface area contributed by atoms with Crippen LogP contribution in [0.3, 0.4) is 0 Å². The van der Waals surface area contributed by atoms with Crippen LogP contribution >= 0.6 is 0 Å². The fraction of sp³-hybridized carbons (Fsp3) is 0.304. The summed E-state index contributed by atoms with van der Waals surface area (Å²) in [6.07, 6.45) is 4.99. The molecule has 1 fully saturated rings. The number of imidazole rings is 1. The van der Waals surface area contributed by atoms with Gasteiger partial charge in [0.15, 0.2) is 12.4 Å². The highest BCUT2D eigenvalue weighted by Crippen LogP contribution is 2.37. The van der Waals surface area contributed by atoms with Crippen molar-refractivity contribution in [1.29, 1.82) is 0 Å². The first-order valence-electron chi connectivity index (χ1n) is 10.8. The summed E-state index contributed by atoms with van der Waals surface area (Å²) in [5, 5.41) is 6.50. The average Bonchev–Trinajstić information content (AvgIpc) is 3.38. The second-order valence-corrected chi connectivity index (χ2v) is 7.94. The molecule has 0 spiro atoms. The van der Waals surface area contributed by atoms with Crippen LogP contribution in [-0.4, -0.2) is 45.2 Å². The maximum Gasteiger partial charge on any atom is 0.387 e. The van der Waals surface area contributed by atoms with Crippen LogP contribution in [0.25, 0.3) is 16.9 Å². The lowest BCUT2D eigenvalue weighted by Crippen LogP contribution is -2.26. The van der Waals surface area contributed by atoms with Crippen molar-refractivity contribution in [3.63, 3.8) is 0 Å². The van der Waals surface area contributed by atoms with Crippen LogP contribution < -0.4 is 19.5 Å². The summed E-state index contributed by atoms with van der Waals surface area (Å²) < 4.78 is 49.0. The molecular weight excluding hydrogens is 464 g/mol. The summed E-state index contributed by atoms with van der Waals surface area (Å²) in [6.45, 7) is -1.31. The average molecular weight is 485 g/mol. The van der Waals surface area contributed by atoms with Gasteiger partial charge in [0.05, 0.1) is 19.0 Å². The topological polar surface area (TPSA) is 113 Å². The third-order valence-electron chi connectivity index (χ3n) is 5.35. The maximum absolute atomic E-state index is 13.2. The molecule has 0 unspecified atom stereocenters. The predicted octanol–water partition coefficient (Wildman–Crippen LogP) is 3.77. The van der Waals surface area contributed by atoms with E-state index in [9.17, 15) is 13.6 Å². The molecule has 1 saturated carbocycles. The lowest BCUT2D eigenvalue weighted by molar-refractivity contribution is -0.0502. The summed E-state index contributed by atoms with van der Waals surface area (Å²) in [6, 6.07) is 6.42. The van der Waals surface area contributed by atoms with Crippen molar-refractivity contribution in [2.45, 2.75) is 39.0 Å². The first-order chi connectivity index (χ1) is 16.9. The number of alkyl halides is 2. The number of hydrogen-bond acceptors (Lipinski definition) is 8. The minimum absolute atomic E-state index is 0.0327. The van der Waals surface area contributed by atoms with Crippen LogP contribution in [0, 0.1) is 6.92 Å². The second kappa shape index (κ2) is 9.20. The van der Waals surface area contributed by atoms with E-state index in [2.05, 4.69) is 20.4 Å². The number of rotatable bonds is 9. The minimum atomic E-state index is -3.12. The fourth-order valence-electron chi connectivity index (χ4n) is 3.61. The third-order valence-corrected chi connectivity index (χ3v) is 5.35. The molecule has 1 aliphatic rings. The number of nitrogens with zero attached hydrogens (tertiary/aromatic N) is 4. The molecule has 35 heavy (non-hydrogen) atoms. The highest BCUT2D eigenvalue weighted by atomic mass is 19.3. The lowest BCUT2D eigenvalue weighted by Gasteiger charge is -2.16. The number of pyridine rings is 1. The summed E-state index contributed by atoms with van der Waals surface area (Å²) in [7, 11) is 1.36. The van der Waals surface area contributed by atoms with Crippen molar-refractivity contribution >= 4 is 11.6 Å². The molecule has 12 heteroatoms. The van der Waals surface area contributed by atoms with Crippen LogP contribution in [-0.2, 0) is 6.61 Å². The number of benzene rings is 1. The monoisotopic (exact) mass is 485 g/mol. The van der Waals surface area contributed by atoms with Gasteiger partial charge in [-0.05, 0) is 38.0 Å². The van der Waals surface area contributed by atoms with Gasteiger partial charge in [0.25, 0.3) is 11.8 Å². The molecule has 0 aliphatic heterocycles. The number of aryl methyl sites for hydroxylation is 1. The first kappa shape index (κ1) is 22.6. The Balaban J connectivity index is 1.47. The fourth-order valence-corrected chi connectivity index (χ4v) is 3.61. The van der Waals surface area contributed by atoms with Crippen molar-refractivity contribution in [3.05, 3.63) is 53.9 Å². The Labute approximate surface area is 197 Å². The largest absolute Gasteiger partial charge is 0.496 e. The van der Waals surface area contributed by atoms with Gasteiger partial charge in [-0.3, -0.25) is 9.20 Å². The van der Waals surface area contributed by atoms with Gasteiger partial charge in [0.1, 0.15) is 28.5 Å². The maximum atomic E-state index is 13.2. The third kappa shape index (κ3) is 4.86. The Morgan fingerprint density at radius 1 is 1.29 bits per heavy atom. The molecule has 3 heterocycles. The quantitative estimate of drug-likeness (QED) is 0.381. The molecule has 0 saturated heterocycles. The number of amides is 1. The molecule has 1 N–H and O–H groups in total.